The van der Waals surface area contributed by atoms with Crippen LogP contribution in [0.2, 0.25) is 0 Å². The largest absolute Gasteiger partial charge is 0.356 e. The molecule has 0 atom stereocenters. The van der Waals surface area contributed by atoms with Crippen molar-refractivity contribution in [2.75, 3.05) is 6.54 Å². The SMILES string of the molecule is O=C1CCCCCCCCCN1. The van der Waals surface area contributed by atoms with Gasteiger partial charge in [0.05, 0.1) is 0 Å². The molecule has 0 aliphatic carbocycles. The standard InChI is InChI=1S/C10H19NO/c12-10-8-6-4-2-1-3-5-7-9-11-10/h1-9H2,(H,11,12). The maximum atomic E-state index is 11.1. The Morgan fingerprint density at radius 2 is 1.42 bits per heavy atom. The van der Waals surface area contributed by atoms with Gasteiger partial charge in [-0.2, -0.15) is 0 Å². The average molecular weight is 169 g/mol. The van der Waals surface area contributed by atoms with Crippen molar-refractivity contribution in [3.8, 4) is 0 Å². The van der Waals surface area contributed by atoms with Crippen molar-refractivity contribution in [2.24, 2.45) is 0 Å². The molecule has 0 bridgehead atoms. The van der Waals surface area contributed by atoms with Crippen LogP contribution in [-0.2, 0) is 4.79 Å². The molecule has 1 amide bonds. The van der Waals surface area contributed by atoms with Crippen LogP contribution in [0.3, 0.4) is 0 Å². The topological polar surface area (TPSA) is 29.1 Å². The molecule has 2 heteroatoms. The molecule has 0 radical (unpaired) electrons. The average Bonchev–Trinajstić information content (AvgIpc) is 2.11. The van der Waals surface area contributed by atoms with Crippen LogP contribution in [-0.4, -0.2) is 12.5 Å². The Morgan fingerprint density at radius 1 is 0.833 bits per heavy atom. The maximum absolute atomic E-state index is 11.1. The van der Waals surface area contributed by atoms with Gasteiger partial charge in [-0.05, 0) is 12.8 Å². The molecule has 1 heterocycles. The molecule has 1 saturated heterocycles. The van der Waals surface area contributed by atoms with E-state index in [1.54, 1.807) is 0 Å². The minimum absolute atomic E-state index is 0.247. The van der Waals surface area contributed by atoms with E-state index in [-0.39, 0.29) is 5.91 Å². The monoisotopic (exact) mass is 169 g/mol. The molecule has 0 aromatic rings. The van der Waals surface area contributed by atoms with Gasteiger partial charge in [0.25, 0.3) is 0 Å². The quantitative estimate of drug-likeness (QED) is 0.592. The predicted octanol–water partition coefficient (Wildman–Crippen LogP) is 2.24. The zero-order valence-electron chi connectivity index (χ0n) is 7.77. The fourth-order valence-electron chi connectivity index (χ4n) is 1.61. The van der Waals surface area contributed by atoms with E-state index in [1.165, 1.54) is 32.1 Å². The zero-order chi connectivity index (χ0) is 8.65. The second-order valence-electron chi connectivity index (χ2n) is 3.57. The van der Waals surface area contributed by atoms with E-state index < -0.39 is 0 Å². The number of amides is 1. The lowest BCUT2D eigenvalue weighted by Crippen LogP contribution is -2.23. The number of carbonyl (C=O) groups is 1. The van der Waals surface area contributed by atoms with Gasteiger partial charge in [0.15, 0.2) is 0 Å². The van der Waals surface area contributed by atoms with Gasteiger partial charge in [-0.3, -0.25) is 4.79 Å². The minimum Gasteiger partial charge on any atom is -0.356 e. The summed E-state index contributed by atoms with van der Waals surface area (Å²) in [6.45, 7) is 0.888. The highest BCUT2D eigenvalue weighted by Gasteiger charge is 2.01. The van der Waals surface area contributed by atoms with Crippen LogP contribution in [0.5, 0.6) is 0 Å². The van der Waals surface area contributed by atoms with Gasteiger partial charge in [-0.15, -0.1) is 0 Å². The Labute approximate surface area is 74.7 Å². The first-order valence-electron chi connectivity index (χ1n) is 5.16. The van der Waals surface area contributed by atoms with Gasteiger partial charge >= 0.3 is 0 Å². The molecule has 1 aliphatic rings. The summed E-state index contributed by atoms with van der Waals surface area (Å²) in [5.74, 6) is 0.247. The van der Waals surface area contributed by atoms with Crippen LogP contribution in [0.1, 0.15) is 51.4 Å². The fourth-order valence-corrected chi connectivity index (χ4v) is 1.61. The highest BCUT2D eigenvalue weighted by molar-refractivity contribution is 5.75. The van der Waals surface area contributed by atoms with Crippen LogP contribution < -0.4 is 5.32 Å². The second-order valence-corrected chi connectivity index (χ2v) is 3.57. The van der Waals surface area contributed by atoms with E-state index in [1.807, 2.05) is 0 Å². The Morgan fingerprint density at radius 3 is 2.17 bits per heavy atom. The first-order chi connectivity index (χ1) is 5.89. The van der Waals surface area contributed by atoms with E-state index in [9.17, 15) is 4.79 Å². The van der Waals surface area contributed by atoms with E-state index in [2.05, 4.69) is 5.32 Å². The van der Waals surface area contributed by atoms with E-state index >= 15 is 0 Å². The number of rotatable bonds is 0. The number of hydrogen-bond acceptors (Lipinski definition) is 1. The van der Waals surface area contributed by atoms with Gasteiger partial charge in [0.2, 0.25) is 5.91 Å². The molecule has 0 saturated carbocycles. The third-order valence-electron chi connectivity index (χ3n) is 2.40. The molecular formula is C10H19NO. The van der Waals surface area contributed by atoms with E-state index in [4.69, 9.17) is 0 Å². The Balaban J connectivity index is 2.17. The molecular weight excluding hydrogens is 150 g/mol. The van der Waals surface area contributed by atoms with Gasteiger partial charge < -0.3 is 5.32 Å². The minimum atomic E-state index is 0.247. The summed E-state index contributed by atoms with van der Waals surface area (Å²) in [7, 11) is 0. The fraction of sp³-hybridized carbons (Fsp3) is 0.900. The number of nitrogens with one attached hydrogen (secondary N) is 1. The molecule has 1 aliphatic heterocycles. The Kier molecular flexibility index (Phi) is 4.81. The molecule has 0 unspecified atom stereocenters. The summed E-state index contributed by atoms with van der Waals surface area (Å²) >= 11 is 0. The van der Waals surface area contributed by atoms with Gasteiger partial charge in [-0.25, -0.2) is 0 Å². The predicted molar refractivity (Wildman–Crippen MR) is 49.9 cm³/mol. The summed E-state index contributed by atoms with van der Waals surface area (Å²) in [5, 5.41) is 2.94. The Hall–Kier alpha value is -0.530. The van der Waals surface area contributed by atoms with Crippen LogP contribution >= 0.6 is 0 Å². The van der Waals surface area contributed by atoms with Crippen molar-refractivity contribution in [2.45, 2.75) is 51.4 Å². The lowest BCUT2D eigenvalue weighted by atomic mass is 10.1. The molecule has 0 spiro atoms. The summed E-state index contributed by atoms with van der Waals surface area (Å²) in [6.07, 6.45) is 9.49. The highest BCUT2D eigenvalue weighted by atomic mass is 16.1. The van der Waals surface area contributed by atoms with Gasteiger partial charge in [0, 0.05) is 13.0 Å². The van der Waals surface area contributed by atoms with Crippen molar-refractivity contribution < 1.29 is 4.79 Å². The summed E-state index contributed by atoms with van der Waals surface area (Å²) < 4.78 is 0. The summed E-state index contributed by atoms with van der Waals surface area (Å²) in [4.78, 5) is 11.1. The lowest BCUT2D eigenvalue weighted by molar-refractivity contribution is -0.121. The normalized spacial score (nSPS) is 22.5. The van der Waals surface area contributed by atoms with Crippen LogP contribution in [0.4, 0.5) is 0 Å². The molecule has 0 aromatic heterocycles. The molecule has 1 N–H and O–H groups in total. The molecule has 2 nitrogen and oxygen atoms in total. The Bertz CT molecular complexity index is 120. The summed E-state index contributed by atoms with van der Waals surface area (Å²) in [5.41, 5.74) is 0. The van der Waals surface area contributed by atoms with Crippen molar-refractivity contribution in [1.29, 1.82) is 0 Å². The van der Waals surface area contributed by atoms with Crippen molar-refractivity contribution in [3.05, 3.63) is 0 Å². The molecule has 0 aromatic carbocycles. The third-order valence-corrected chi connectivity index (χ3v) is 2.40. The number of hydrogen-bond donors (Lipinski definition) is 1. The van der Waals surface area contributed by atoms with Crippen LogP contribution in [0.15, 0.2) is 0 Å². The lowest BCUT2D eigenvalue weighted by Gasteiger charge is -2.02. The maximum Gasteiger partial charge on any atom is 0.219 e. The van der Waals surface area contributed by atoms with Crippen molar-refractivity contribution in [3.63, 3.8) is 0 Å². The highest BCUT2D eigenvalue weighted by Crippen LogP contribution is 2.09. The van der Waals surface area contributed by atoms with E-state index in [0.717, 1.165) is 25.8 Å². The van der Waals surface area contributed by atoms with E-state index in [0.29, 0.717) is 0 Å². The smallest absolute Gasteiger partial charge is 0.219 e. The first-order valence-corrected chi connectivity index (χ1v) is 5.16. The van der Waals surface area contributed by atoms with Crippen molar-refractivity contribution in [1.82, 2.24) is 5.32 Å². The molecule has 1 fully saturated rings. The first kappa shape index (κ1) is 9.56. The second kappa shape index (κ2) is 6.04. The third kappa shape index (κ3) is 4.37. The van der Waals surface area contributed by atoms with Crippen molar-refractivity contribution >= 4 is 5.91 Å². The molecule has 70 valence electrons. The molecule has 12 heavy (non-hydrogen) atoms. The number of carbonyl (C=O) groups excluding carboxylic acids is 1. The molecule has 1 rings (SSSR count). The zero-order valence-corrected chi connectivity index (χ0v) is 7.77. The van der Waals surface area contributed by atoms with Crippen LogP contribution in [0.25, 0.3) is 0 Å². The summed E-state index contributed by atoms with van der Waals surface area (Å²) in [6, 6.07) is 0. The van der Waals surface area contributed by atoms with Gasteiger partial charge in [-0.1, -0.05) is 32.1 Å². The van der Waals surface area contributed by atoms with Crippen LogP contribution in [0, 0.1) is 0 Å². The van der Waals surface area contributed by atoms with Gasteiger partial charge in [0.1, 0.15) is 0 Å².